The molecule has 1 fully saturated rings. The van der Waals surface area contributed by atoms with E-state index in [4.69, 9.17) is 0 Å². The lowest BCUT2D eigenvalue weighted by molar-refractivity contribution is 0.107. The highest BCUT2D eigenvalue weighted by Crippen LogP contribution is 2.33. The van der Waals surface area contributed by atoms with E-state index in [1.54, 1.807) is 0 Å². The number of rotatable bonds is 5. The molecule has 19 heavy (non-hydrogen) atoms. The fourth-order valence-corrected chi connectivity index (χ4v) is 3.21. The van der Waals surface area contributed by atoms with Gasteiger partial charge >= 0.3 is 0 Å². The first-order valence-electron chi connectivity index (χ1n) is 7.60. The SMILES string of the molecule is CCNC(c1ccc(C)cc1)C(C)(C)N1CCCC1. The van der Waals surface area contributed by atoms with E-state index >= 15 is 0 Å². The average molecular weight is 260 g/mol. The summed E-state index contributed by atoms with van der Waals surface area (Å²) in [6.07, 6.45) is 2.69. The third kappa shape index (κ3) is 3.18. The number of nitrogens with zero attached hydrogens (tertiary/aromatic N) is 1. The number of hydrogen-bond donors (Lipinski definition) is 1. The van der Waals surface area contributed by atoms with Gasteiger partial charge in [-0.15, -0.1) is 0 Å². The van der Waals surface area contributed by atoms with Crippen LogP contribution in [0.25, 0.3) is 0 Å². The van der Waals surface area contributed by atoms with Crippen LogP contribution in [0.5, 0.6) is 0 Å². The Morgan fingerprint density at radius 2 is 1.74 bits per heavy atom. The van der Waals surface area contributed by atoms with Crippen LogP contribution in [-0.4, -0.2) is 30.1 Å². The van der Waals surface area contributed by atoms with Crippen molar-refractivity contribution in [2.24, 2.45) is 0 Å². The van der Waals surface area contributed by atoms with Crippen LogP contribution in [0.4, 0.5) is 0 Å². The summed E-state index contributed by atoms with van der Waals surface area (Å²) in [6, 6.07) is 9.40. The molecule has 0 aromatic heterocycles. The van der Waals surface area contributed by atoms with Gasteiger partial charge in [-0.25, -0.2) is 0 Å². The molecule has 1 saturated heterocycles. The largest absolute Gasteiger partial charge is 0.309 e. The van der Waals surface area contributed by atoms with E-state index in [9.17, 15) is 0 Å². The van der Waals surface area contributed by atoms with E-state index in [0.29, 0.717) is 6.04 Å². The fourth-order valence-electron chi connectivity index (χ4n) is 3.21. The fraction of sp³-hybridized carbons (Fsp3) is 0.647. The molecule has 0 aliphatic carbocycles. The van der Waals surface area contributed by atoms with Crippen LogP contribution < -0.4 is 5.32 Å². The summed E-state index contributed by atoms with van der Waals surface area (Å²) >= 11 is 0. The molecule has 1 N–H and O–H groups in total. The molecule has 2 heteroatoms. The van der Waals surface area contributed by atoms with Crippen LogP contribution in [0, 0.1) is 6.92 Å². The molecule has 0 radical (unpaired) electrons. The minimum absolute atomic E-state index is 0.168. The van der Waals surface area contributed by atoms with Gasteiger partial charge in [-0.2, -0.15) is 0 Å². The highest BCUT2D eigenvalue weighted by molar-refractivity contribution is 5.26. The number of benzene rings is 1. The molecule has 2 nitrogen and oxygen atoms in total. The summed E-state index contributed by atoms with van der Waals surface area (Å²) in [5, 5.41) is 3.69. The average Bonchev–Trinajstić information content (AvgIpc) is 2.92. The molecule has 0 amide bonds. The third-order valence-electron chi connectivity index (χ3n) is 4.45. The lowest BCUT2D eigenvalue weighted by Crippen LogP contribution is -2.51. The van der Waals surface area contributed by atoms with Gasteiger partial charge < -0.3 is 5.32 Å². The van der Waals surface area contributed by atoms with Crippen molar-refractivity contribution in [3.05, 3.63) is 35.4 Å². The third-order valence-corrected chi connectivity index (χ3v) is 4.45. The second kappa shape index (κ2) is 6.06. The number of aryl methyl sites for hydroxylation is 1. The van der Waals surface area contributed by atoms with Gasteiger partial charge in [0, 0.05) is 5.54 Å². The predicted octanol–water partition coefficient (Wildman–Crippen LogP) is 3.52. The van der Waals surface area contributed by atoms with Crippen LogP contribution in [0.2, 0.25) is 0 Å². The summed E-state index contributed by atoms with van der Waals surface area (Å²) < 4.78 is 0. The predicted molar refractivity (Wildman–Crippen MR) is 82.5 cm³/mol. The molecule has 1 aliphatic heterocycles. The Morgan fingerprint density at radius 1 is 1.16 bits per heavy atom. The van der Waals surface area contributed by atoms with Crippen molar-refractivity contribution in [2.75, 3.05) is 19.6 Å². The molecule has 1 heterocycles. The Labute approximate surface area is 118 Å². The Bertz CT molecular complexity index is 388. The normalized spacial score (nSPS) is 18.7. The van der Waals surface area contributed by atoms with Gasteiger partial charge in [-0.3, -0.25) is 4.90 Å². The molecule has 1 atom stereocenters. The first-order chi connectivity index (χ1) is 9.05. The highest BCUT2D eigenvalue weighted by atomic mass is 15.2. The van der Waals surface area contributed by atoms with E-state index < -0.39 is 0 Å². The van der Waals surface area contributed by atoms with E-state index in [2.05, 4.69) is 62.2 Å². The van der Waals surface area contributed by atoms with Gasteiger partial charge in [0.2, 0.25) is 0 Å². The Hall–Kier alpha value is -0.860. The minimum atomic E-state index is 0.168. The molecule has 106 valence electrons. The Kier molecular flexibility index (Phi) is 4.64. The molecule has 0 saturated carbocycles. The maximum atomic E-state index is 3.69. The number of hydrogen-bond acceptors (Lipinski definition) is 2. The number of likely N-dealkylation sites (tertiary alicyclic amines) is 1. The topological polar surface area (TPSA) is 15.3 Å². The summed E-state index contributed by atoms with van der Waals surface area (Å²) in [4.78, 5) is 2.64. The summed E-state index contributed by atoms with van der Waals surface area (Å²) in [5.41, 5.74) is 2.91. The van der Waals surface area contributed by atoms with Crippen molar-refractivity contribution in [1.29, 1.82) is 0 Å². The molecule has 0 bridgehead atoms. The minimum Gasteiger partial charge on any atom is -0.309 e. The zero-order valence-electron chi connectivity index (χ0n) is 12.9. The molecule has 0 spiro atoms. The van der Waals surface area contributed by atoms with Crippen LogP contribution in [0.15, 0.2) is 24.3 Å². The molecule has 1 aromatic rings. The van der Waals surface area contributed by atoms with Crippen molar-refractivity contribution in [2.45, 2.75) is 52.1 Å². The van der Waals surface area contributed by atoms with Crippen LogP contribution in [-0.2, 0) is 0 Å². The molecule has 2 rings (SSSR count). The van der Waals surface area contributed by atoms with Crippen molar-refractivity contribution < 1.29 is 0 Å². The van der Waals surface area contributed by atoms with Gasteiger partial charge in [0.05, 0.1) is 6.04 Å². The first-order valence-corrected chi connectivity index (χ1v) is 7.60. The van der Waals surface area contributed by atoms with Crippen molar-refractivity contribution in [3.63, 3.8) is 0 Å². The van der Waals surface area contributed by atoms with Crippen LogP contribution in [0.3, 0.4) is 0 Å². The van der Waals surface area contributed by atoms with Gasteiger partial charge in [-0.05, 0) is 58.8 Å². The molecular formula is C17H28N2. The summed E-state index contributed by atoms with van der Waals surface area (Å²) in [5.74, 6) is 0. The summed E-state index contributed by atoms with van der Waals surface area (Å²) in [6.45, 7) is 12.6. The van der Waals surface area contributed by atoms with Gasteiger partial charge in [0.1, 0.15) is 0 Å². The number of likely N-dealkylation sites (N-methyl/N-ethyl adjacent to an activating group) is 1. The van der Waals surface area contributed by atoms with Crippen molar-refractivity contribution in [3.8, 4) is 0 Å². The zero-order valence-corrected chi connectivity index (χ0v) is 12.9. The lowest BCUT2D eigenvalue weighted by Gasteiger charge is -2.43. The van der Waals surface area contributed by atoms with Crippen LogP contribution >= 0.6 is 0 Å². The van der Waals surface area contributed by atoms with Gasteiger partial charge in [-0.1, -0.05) is 36.8 Å². The standard InChI is InChI=1S/C17H28N2/c1-5-18-16(15-10-8-14(2)9-11-15)17(3,4)19-12-6-7-13-19/h8-11,16,18H,5-7,12-13H2,1-4H3. The maximum absolute atomic E-state index is 3.69. The molecule has 1 unspecified atom stereocenters. The van der Waals surface area contributed by atoms with E-state index in [-0.39, 0.29) is 5.54 Å². The maximum Gasteiger partial charge on any atom is 0.0501 e. The van der Waals surface area contributed by atoms with Gasteiger partial charge in [0.15, 0.2) is 0 Å². The van der Waals surface area contributed by atoms with E-state index in [1.807, 2.05) is 0 Å². The van der Waals surface area contributed by atoms with E-state index in [1.165, 1.54) is 37.1 Å². The second-order valence-electron chi connectivity index (χ2n) is 6.25. The Morgan fingerprint density at radius 3 is 2.26 bits per heavy atom. The monoisotopic (exact) mass is 260 g/mol. The Balaban J connectivity index is 2.25. The van der Waals surface area contributed by atoms with Crippen molar-refractivity contribution >= 4 is 0 Å². The second-order valence-corrected chi connectivity index (χ2v) is 6.25. The summed E-state index contributed by atoms with van der Waals surface area (Å²) in [7, 11) is 0. The van der Waals surface area contributed by atoms with Crippen LogP contribution in [0.1, 0.15) is 50.8 Å². The number of nitrogens with one attached hydrogen (secondary N) is 1. The highest BCUT2D eigenvalue weighted by Gasteiger charge is 2.37. The lowest BCUT2D eigenvalue weighted by atomic mass is 9.86. The smallest absolute Gasteiger partial charge is 0.0501 e. The molecule has 1 aliphatic rings. The zero-order chi connectivity index (χ0) is 13.9. The van der Waals surface area contributed by atoms with Crippen molar-refractivity contribution in [1.82, 2.24) is 10.2 Å². The van der Waals surface area contributed by atoms with Gasteiger partial charge in [0.25, 0.3) is 0 Å². The quantitative estimate of drug-likeness (QED) is 0.871. The first kappa shape index (κ1) is 14.5. The van der Waals surface area contributed by atoms with E-state index in [0.717, 1.165) is 6.54 Å². The molecular weight excluding hydrogens is 232 g/mol. The molecule has 1 aromatic carbocycles.